The van der Waals surface area contributed by atoms with E-state index in [0.29, 0.717) is 5.56 Å². The van der Waals surface area contributed by atoms with E-state index in [2.05, 4.69) is 38.1 Å². The first-order valence-electron chi connectivity index (χ1n) is 9.99. The van der Waals surface area contributed by atoms with Gasteiger partial charge in [-0.25, -0.2) is 9.99 Å². The van der Waals surface area contributed by atoms with E-state index in [4.69, 9.17) is 23.2 Å². The Balaban J connectivity index is 2.49. The number of nitrogens with zero attached hydrogens (tertiary/aromatic N) is 2. The lowest BCUT2D eigenvalue weighted by Gasteiger charge is -2.40. The monoisotopic (exact) mass is 449 g/mol. The highest BCUT2D eigenvalue weighted by molar-refractivity contribution is 6.34. The normalized spacial score (nSPS) is 12.4. The van der Waals surface area contributed by atoms with Crippen molar-refractivity contribution in [3.8, 4) is 0 Å². The Kier molecular flexibility index (Phi) is 7.89. The number of hydrazine groups is 1. The Morgan fingerprint density at radius 2 is 1.70 bits per heavy atom. The van der Waals surface area contributed by atoms with Gasteiger partial charge in [-0.3, -0.25) is 15.0 Å². The number of pyridine rings is 1. The van der Waals surface area contributed by atoms with Gasteiger partial charge in [0.05, 0.1) is 11.6 Å². The quantitative estimate of drug-likeness (QED) is 0.449. The average Bonchev–Trinajstić information content (AvgIpc) is 2.62. The fourth-order valence-corrected chi connectivity index (χ4v) is 3.91. The van der Waals surface area contributed by atoms with Crippen molar-refractivity contribution in [2.24, 2.45) is 5.41 Å². The lowest BCUT2D eigenvalue weighted by molar-refractivity contribution is 0.0271. The minimum atomic E-state index is -0.507. The van der Waals surface area contributed by atoms with Crippen LogP contribution in [0, 0.1) is 19.3 Å². The van der Waals surface area contributed by atoms with Crippen molar-refractivity contribution in [3.63, 3.8) is 0 Å². The summed E-state index contributed by atoms with van der Waals surface area (Å²) in [6, 6.07) is 8.43. The number of rotatable bonds is 5. The molecule has 2 rings (SSSR count). The molecule has 5 nitrogen and oxygen atoms in total. The summed E-state index contributed by atoms with van der Waals surface area (Å²) in [5.41, 5.74) is 5.19. The Morgan fingerprint density at radius 1 is 1.10 bits per heavy atom. The van der Waals surface area contributed by atoms with Gasteiger partial charge >= 0.3 is 0 Å². The highest BCUT2D eigenvalue weighted by atomic mass is 35.5. The number of halogens is 2. The largest absolute Gasteiger partial charge is 0.273 e. The van der Waals surface area contributed by atoms with Crippen LogP contribution in [0.15, 0.2) is 30.3 Å². The number of aryl methyl sites for hydroxylation is 2. The van der Waals surface area contributed by atoms with Gasteiger partial charge in [-0.1, -0.05) is 74.5 Å². The van der Waals surface area contributed by atoms with Crippen molar-refractivity contribution in [1.82, 2.24) is 15.4 Å². The summed E-state index contributed by atoms with van der Waals surface area (Å²) in [5.74, 6) is -0.770. The zero-order valence-electron chi connectivity index (χ0n) is 18.3. The molecule has 0 saturated heterocycles. The lowest BCUT2D eigenvalue weighted by atomic mass is 9.83. The second-order valence-electron chi connectivity index (χ2n) is 8.64. The number of carbonyl (C=O) groups is 2. The molecule has 1 aromatic heterocycles. The highest BCUT2D eigenvalue weighted by Gasteiger charge is 2.35. The maximum atomic E-state index is 13.6. The van der Waals surface area contributed by atoms with E-state index in [-0.39, 0.29) is 33.2 Å². The Morgan fingerprint density at radius 3 is 2.20 bits per heavy atom. The molecule has 0 radical (unpaired) electrons. The fourth-order valence-electron chi connectivity index (χ4n) is 3.48. The lowest BCUT2D eigenvalue weighted by Crippen LogP contribution is -2.56. The number of nitrogens with one attached hydrogen (secondary N) is 1. The van der Waals surface area contributed by atoms with Crippen LogP contribution >= 0.6 is 23.2 Å². The molecule has 0 aliphatic heterocycles. The molecule has 0 saturated carbocycles. The number of hydrogen-bond acceptors (Lipinski definition) is 3. The summed E-state index contributed by atoms with van der Waals surface area (Å²) in [4.78, 5) is 30.5. The Bertz CT molecular complexity index is 918. The molecule has 7 heteroatoms. The third kappa shape index (κ3) is 5.96. The second kappa shape index (κ2) is 9.80. The minimum Gasteiger partial charge on any atom is -0.267 e. The average molecular weight is 450 g/mol. The SMILES string of the molecule is CCC[C@@H](N(NC(=O)c1ccc(Cl)nc1Cl)C(=O)c1cc(C)cc(C)c1)C(C)(C)C. The van der Waals surface area contributed by atoms with Gasteiger partial charge in [-0.2, -0.15) is 0 Å². The first kappa shape index (κ1) is 24.2. The van der Waals surface area contributed by atoms with Gasteiger partial charge in [0.25, 0.3) is 11.8 Å². The van der Waals surface area contributed by atoms with Gasteiger partial charge in [-0.05, 0) is 49.9 Å². The van der Waals surface area contributed by atoms with Crippen LogP contribution in [0.4, 0.5) is 0 Å². The predicted molar refractivity (Wildman–Crippen MR) is 122 cm³/mol. The molecule has 0 bridgehead atoms. The van der Waals surface area contributed by atoms with Crippen molar-refractivity contribution >= 4 is 35.0 Å². The van der Waals surface area contributed by atoms with Gasteiger partial charge in [0.2, 0.25) is 0 Å². The maximum Gasteiger partial charge on any atom is 0.273 e. The van der Waals surface area contributed by atoms with Crippen LogP contribution in [0.25, 0.3) is 0 Å². The summed E-state index contributed by atoms with van der Waals surface area (Å²) in [5, 5.41) is 1.63. The van der Waals surface area contributed by atoms with Crippen molar-refractivity contribution in [3.05, 3.63) is 62.9 Å². The molecule has 0 spiro atoms. The summed E-state index contributed by atoms with van der Waals surface area (Å²) < 4.78 is 0. The number of benzene rings is 1. The number of amides is 2. The van der Waals surface area contributed by atoms with Crippen molar-refractivity contribution in [1.29, 1.82) is 0 Å². The molecular weight excluding hydrogens is 421 g/mol. The smallest absolute Gasteiger partial charge is 0.267 e. The van der Waals surface area contributed by atoms with Gasteiger partial charge in [0, 0.05) is 5.56 Å². The van der Waals surface area contributed by atoms with Gasteiger partial charge < -0.3 is 0 Å². The predicted octanol–water partition coefficient (Wildman–Crippen LogP) is 6.01. The molecule has 0 aliphatic rings. The topological polar surface area (TPSA) is 62.3 Å². The number of aromatic nitrogens is 1. The molecule has 1 heterocycles. The zero-order valence-corrected chi connectivity index (χ0v) is 19.9. The number of carbonyl (C=O) groups excluding carboxylic acids is 2. The Hall–Kier alpha value is -2.11. The summed E-state index contributed by atoms with van der Waals surface area (Å²) in [7, 11) is 0. The van der Waals surface area contributed by atoms with Crippen LogP contribution in [0.5, 0.6) is 0 Å². The molecule has 2 aromatic rings. The Labute approximate surface area is 188 Å². The van der Waals surface area contributed by atoms with Crippen LogP contribution < -0.4 is 5.43 Å². The van der Waals surface area contributed by atoms with Crippen molar-refractivity contribution in [2.45, 2.75) is 60.4 Å². The molecule has 2 amide bonds. The first-order chi connectivity index (χ1) is 13.9. The summed E-state index contributed by atoms with van der Waals surface area (Å²) >= 11 is 12.0. The van der Waals surface area contributed by atoms with Crippen LogP contribution in [-0.2, 0) is 0 Å². The van der Waals surface area contributed by atoms with E-state index in [1.54, 1.807) is 0 Å². The molecular formula is C23H29Cl2N3O2. The number of hydrogen-bond donors (Lipinski definition) is 1. The van der Waals surface area contributed by atoms with Crippen LogP contribution in [0.1, 0.15) is 72.4 Å². The molecule has 1 atom stereocenters. The molecule has 1 N–H and O–H groups in total. The first-order valence-corrected chi connectivity index (χ1v) is 10.7. The molecule has 30 heavy (non-hydrogen) atoms. The van der Waals surface area contributed by atoms with E-state index < -0.39 is 5.91 Å². The standard InChI is InChI=1S/C23H29Cl2N3O2/c1-7-8-18(23(4,5)6)28(22(30)16-12-14(2)11-15(3)13-16)27-21(29)17-9-10-19(24)26-20(17)25/h9-13,18H,7-8H2,1-6H3,(H,27,29)/t18-/m1/s1. The van der Waals surface area contributed by atoms with Gasteiger partial charge in [-0.15, -0.1) is 0 Å². The third-order valence-electron chi connectivity index (χ3n) is 4.84. The highest BCUT2D eigenvalue weighted by Crippen LogP contribution is 2.29. The van der Waals surface area contributed by atoms with Gasteiger partial charge in [0.1, 0.15) is 10.3 Å². The van der Waals surface area contributed by atoms with E-state index in [0.717, 1.165) is 24.0 Å². The third-order valence-corrected chi connectivity index (χ3v) is 5.34. The fraction of sp³-hybridized carbons (Fsp3) is 0.435. The summed E-state index contributed by atoms with van der Waals surface area (Å²) in [6.07, 6.45) is 1.59. The molecule has 0 aliphatic carbocycles. The van der Waals surface area contributed by atoms with E-state index in [9.17, 15) is 9.59 Å². The van der Waals surface area contributed by atoms with E-state index in [1.165, 1.54) is 17.1 Å². The zero-order chi connectivity index (χ0) is 22.6. The van der Waals surface area contributed by atoms with Crippen molar-refractivity contribution < 1.29 is 9.59 Å². The van der Waals surface area contributed by atoms with E-state index >= 15 is 0 Å². The summed E-state index contributed by atoms with van der Waals surface area (Å²) in [6.45, 7) is 12.1. The van der Waals surface area contributed by atoms with Crippen molar-refractivity contribution in [2.75, 3.05) is 0 Å². The molecule has 0 fully saturated rings. The van der Waals surface area contributed by atoms with Gasteiger partial charge in [0.15, 0.2) is 0 Å². The van der Waals surface area contributed by atoms with Crippen LogP contribution in [-0.4, -0.2) is 27.8 Å². The maximum absolute atomic E-state index is 13.6. The van der Waals surface area contributed by atoms with Crippen LogP contribution in [0.3, 0.4) is 0 Å². The molecule has 0 unspecified atom stereocenters. The second-order valence-corrected chi connectivity index (χ2v) is 9.38. The minimum absolute atomic E-state index is 0.0124. The molecule has 1 aromatic carbocycles. The van der Waals surface area contributed by atoms with E-state index in [1.807, 2.05) is 32.0 Å². The molecule has 162 valence electrons. The van der Waals surface area contributed by atoms with Crippen LogP contribution in [0.2, 0.25) is 10.3 Å².